The van der Waals surface area contributed by atoms with Crippen molar-refractivity contribution >= 4 is 11.8 Å². The van der Waals surface area contributed by atoms with Crippen molar-refractivity contribution in [2.45, 2.75) is 24.6 Å². The smallest absolute Gasteiger partial charge is 0.0521 e. The third-order valence-electron chi connectivity index (χ3n) is 3.18. The molecule has 0 bridgehead atoms. The molecule has 3 nitrogen and oxygen atoms in total. The van der Waals surface area contributed by atoms with E-state index in [2.05, 4.69) is 22.3 Å². The van der Waals surface area contributed by atoms with Crippen LogP contribution in [0.1, 0.15) is 18.5 Å². The number of rotatable bonds is 3. The van der Waals surface area contributed by atoms with Gasteiger partial charge >= 0.3 is 0 Å². The van der Waals surface area contributed by atoms with Gasteiger partial charge < -0.3 is 0 Å². The van der Waals surface area contributed by atoms with Crippen LogP contribution in [0.2, 0.25) is 0 Å². The van der Waals surface area contributed by atoms with Crippen molar-refractivity contribution in [2.24, 2.45) is 7.05 Å². The summed E-state index contributed by atoms with van der Waals surface area (Å²) in [6.45, 7) is 3.52. The summed E-state index contributed by atoms with van der Waals surface area (Å²) in [5.74, 6) is 0. The molecule has 1 fully saturated rings. The molecule has 2 heterocycles. The second-order valence-corrected chi connectivity index (χ2v) is 5.30. The molecule has 2 rings (SSSR count). The molecule has 1 aromatic rings. The highest BCUT2D eigenvalue weighted by Gasteiger charge is 2.18. The first-order valence-electron chi connectivity index (χ1n) is 5.51. The molecule has 4 heteroatoms. The van der Waals surface area contributed by atoms with Gasteiger partial charge in [0.05, 0.1) is 5.69 Å². The Kier molecular flexibility index (Phi) is 3.70. The van der Waals surface area contributed by atoms with Crippen molar-refractivity contribution in [3.05, 3.63) is 18.0 Å². The lowest BCUT2D eigenvalue weighted by Crippen LogP contribution is -2.34. The van der Waals surface area contributed by atoms with E-state index in [0.29, 0.717) is 0 Å². The van der Waals surface area contributed by atoms with Crippen LogP contribution in [0.15, 0.2) is 12.3 Å². The Balaban J connectivity index is 1.85. The van der Waals surface area contributed by atoms with E-state index in [0.717, 1.165) is 11.8 Å². The largest absolute Gasteiger partial charge is 0.297 e. The van der Waals surface area contributed by atoms with E-state index in [9.17, 15) is 0 Å². The Morgan fingerprint density at radius 2 is 2.20 bits per heavy atom. The third-order valence-corrected chi connectivity index (χ3v) is 4.31. The number of nitrogens with zero attached hydrogens (tertiary/aromatic N) is 3. The van der Waals surface area contributed by atoms with Gasteiger partial charge in [0, 0.05) is 25.0 Å². The number of likely N-dealkylation sites (tertiary alicyclic amines) is 1. The minimum absolute atomic E-state index is 0.882. The second-order valence-electron chi connectivity index (χ2n) is 4.16. The van der Waals surface area contributed by atoms with Gasteiger partial charge in [-0.1, -0.05) is 0 Å². The summed E-state index contributed by atoms with van der Waals surface area (Å²) in [6, 6.07) is 2.11. The molecular formula is C11H19N3S. The van der Waals surface area contributed by atoms with Crippen molar-refractivity contribution in [3.63, 3.8) is 0 Å². The zero-order valence-corrected chi connectivity index (χ0v) is 10.3. The topological polar surface area (TPSA) is 21.1 Å². The van der Waals surface area contributed by atoms with Gasteiger partial charge in [0.25, 0.3) is 0 Å². The number of aryl methyl sites for hydroxylation is 1. The maximum atomic E-state index is 4.20. The van der Waals surface area contributed by atoms with Gasteiger partial charge in [-0.25, -0.2) is 0 Å². The molecule has 0 aromatic carbocycles. The summed E-state index contributed by atoms with van der Waals surface area (Å²) in [4.78, 5) is 2.53. The van der Waals surface area contributed by atoms with Crippen LogP contribution in [0.5, 0.6) is 0 Å². The Labute approximate surface area is 95.8 Å². The van der Waals surface area contributed by atoms with Crippen LogP contribution in [0, 0.1) is 0 Å². The fraction of sp³-hybridized carbons (Fsp3) is 0.727. The third kappa shape index (κ3) is 2.75. The van der Waals surface area contributed by atoms with Gasteiger partial charge in [0.15, 0.2) is 0 Å². The predicted molar refractivity (Wildman–Crippen MR) is 65.0 cm³/mol. The zero-order valence-electron chi connectivity index (χ0n) is 9.52. The van der Waals surface area contributed by atoms with E-state index in [-0.39, 0.29) is 0 Å². The highest BCUT2D eigenvalue weighted by Crippen LogP contribution is 2.21. The lowest BCUT2D eigenvalue weighted by molar-refractivity contribution is 0.219. The van der Waals surface area contributed by atoms with Crippen molar-refractivity contribution in [3.8, 4) is 0 Å². The second kappa shape index (κ2) is 5.03. The lowest BCUT2D eigenvalue weighted by Gasteiger charge is -2.30. The normalized spacial score (nSPS) is 19.6. The fourth-order valence-corrected chi connectivity index (χ4v) is 2.77. The molecule has 0 unspecified atom stereocenters. The molecule has 0 aliphatic carbocycles. The first-order valence-corrected chi connectivity index (χ1v) is 6.80. The molecular weight excluding hydrogens is 206 g/mol. The van der Waals surface area contributed by atoms with Gasteiger partial charge in [-0.3, -0.25) is 9.58 Å². The summed E-state index contributed by atoms with van der Waals surface area (Å²) in [5.41, 5.74) is 1.32. The quantitative estimate of drug-likeness (QED) is 0.782. The van der Waals surface area contributed by atoms with Crippen molar-refractivity contribution in [1.82, 2.24) is 14.7 Å². The summed E-state index contributed by atoms with van der Waals surface area (Å²) >= 11 is 2.01. The average Bonchev–Trinajstić information content (AvgIpc) is 2.66. The van der Waals surface area contributed by atoms with E-state index in [4.69, 9.17) is 0 Å². The number of hydrogen-bond donors (Lipinski definition) is 0. The van der Waals surface area contributed by atoms with E-state index < -0.39 is 0 Å². The van der Waals surface area contributed by atoms with Crippen molar-refractivity contribution in [2.75, 3.05) is 19.3 Å². The molecule has 84 valence electrons. The Hall–Kier alpha value is -0.480. The van der Waals surface area contributed by atoms with E-state index >= 15 is 0 Å². The van der Waals surface area contributed by atoms with Crippen LogP contribution in [-0.2, 0) is 13.6 Å². The van der Waals surface area contributed by atoms with Crippen LogP contribution in [0.25, 0.3) is 0 Å². The molecule has 0 saturated carbocycles. The minimum Gasteiger partial charge on any atom is -0.297 e. The van der Waals surface area contributed by atoms with Crippen LogP contribution in [0.4, 0.5) is 0 Å². The van der Waals surface area contributed by atoms with Gasteiger partial charge in [-0.15, -0.1) is 0 Å². The van der Waals surface area contributed by atoms with Gasteiger partial charge in [-0.2, -0.15) is 16.9 Å². The summed E-state index contributed by atoms with van der Waals surface area (Å²) in [6.07, 6.45) is 6.77. The highest BCUT2D eigenvalue weighted by molar-refractivity contribution is 7.99. The Morgan fingerprint density at radius 1 is 1.47 bits per heavy atom. The number of aromatic nitrogens is 2. The number of hydrogen-bond acceptors (Lipinski definition) is 3. The van der Waals surface area contributed by atoms with Crippen molar-refractivity contribution in [1.29, 1.82) is 0 Å². The molecule has 1 saturated heterocycles. The maximum Gasteiger partial charge on any atom is 0.0521 e. The molecule has 1 aliphatic rings. The van der Waals surface area contributed by atoms with Gasteiger partial charge in [0.2, 0.25) is 0 Å². The van der Waals surface area contributed by atoms with E-state index in [1.54, 1.807) is 0 Å². The zero-order chi connectivity index (χ0) is 10.7. The SMILES string of the molecule is CSC1CCN(Cc2ccnn2C)CC1. The fourth-order valence-electron chi connectivity index (χ4n) is 2.09. The average molecular weight is 225 g/mol. The maximum absolute atomic E-state index is 4.20. The first-order chi connectivity index (χ1) is 7.29. The summed E-state index contributed by atoms with van der Waals surface area (Å²) < 4.78 is 1.97. The van der Waals surface area contributed by atoms with E-state index in [1.165, 1.54) is 31.6 Å². The van der Waals surface area contributed by atoms with Crippen LogP contribution >= 0.6 is 11.8 Å². The lowest BCUT2D eigenvalue weighted by atomic mass is 10.1. The summed E-state index contributed by atoms with van der Waals surface area (Å²) in [7, 11) is 2.02. The van der Waals surface area contributed by atoms with E-state index in [1.807, 2.05) is 29.7 Å². The van der Waals surface area contributed by atoms with Crippen LogP contribution in [-0.4, -0.2) is 39.3 Å². The molecule has 0 N–H and O–H groups in total. The standard InChI is InChI=1S/C11H19N3S/c1-13-10(3-6-12-13)9-14-7-4-11(15-2)5-8-14/h3,6,11H,4-5,7-9H2,1-2H3. The highest BCUT2D eigenvalue weighted by atomic mass is 32.2. The number of thioether (sulfide) groups is 1. The molecule has 0 spiro atoms. The Morgan fingerprint density at radius 3 is 2.73 bits per heavy atom. The molecule has 1 aliphatic heterocycles. The first kappa shape index (κ1) is 11.0. The van der Waals surface area contributed by atoms with Gasteiger partial charge in [0.1, 0.15) is 0 Å². The minimum atomic E-state index is 0.882. The van der Waals surface area contributed by atoms with Crippen molar-refractivity contribution < 1.29 is 0 Å². The number of piperidine rings is 1. The molecule has 1 aromatic heterocycles. The predicted octanol–water partition coefficient (Wildman–Crippen LogP) is 1.75. The molecule has 0 radical (unpaired) electrons. The van der Waals surface area contributed by atoms with Crippen LogP contribution in [0.3, 0.4) is 0 Å². The Bertz CT molecular complexity index is 303. The summed E-state index contributed by atoms with van der Waals surface area (Å²) in [5, 5.41) is 5.08. The van der Waals surface area contributed by atoms with Gasteiger partial charge in [-0.05, 0) is 38.3 Å². The molecule has 15 heavy (non-hydrogen) atoms. The molecule has 0 amide bonds. The molecule has 0 atom stereocenters. The van der Waals surface area contributed by atoms with Crippen LogP contribution < -0.4 is 0 Å². The monoisotopic (exact) mass is 225 g/mol.